The van der Waals surface area contributed by atoms with Crippen LogP contribution in [0.5, 0.6) is 0 Å². The second-order valence-corrected chi connectivity index (χ2v) is 10.3. The predicted molar refractivity (Wildman–Crippen MR) is 128 cm³/mol. The highest BCUT2D eigenvalue weighted by Gasteiger charge is 2.40. The Morgan fingerprint density at radius 1 is 0.857 bits per heavy atom. The van der Waals surface area contributed by atoms with E-state index in [2.05, 4.69) is 5.32 Å². The molecule has 1 saturated heterocycles. The molecule has 0 aliphatic carbocycles. The second-order valence-electron chi connectivity index (χ2n) is 7.81. The van der Waals surface area contributed by atoms with E-state index < -0.39 is 27.0 Å². The maximum atomic E-state index is 13.4. The number of hydrogen-bond acceptors (Lipinski definition) is 6. The lowest BCUT2D eigenvalue weighted by Crippen LogP contribution is -2.57. The summed E-state index contributed by atoms with van der Waals surface area (Å²) in [5, 5.41) is 0.968. The Bertz CT molecular complexity index is 1300. The number of hydrogen-bond donors (Lipinski definition) is 1. The number of halogens is 1. The van der Waals surface area contributed by atoms with Crippen molar-refractivity contribution in [3.8, 4) is 0 Å². The third-order valence-electron chi connectivity index (χ3n) is 5.58. The number of nitrogens with one attached hydrogen (secondary N) is 1. The zero-order valence-corrected chi connectivity index (χ0v) is 20.0. The summed E-state index contributed by atoms with van der Waals surface area (Å²) in [5.41, 5.74) is 0.462. The number of amides is 3. The molecule has 0 spiro atoms. The lowest BCUT2D eigenvalue weighted by Gasteiger charge is -2.36. The number of rotatable bonds is 6. The molecule has 2 aromatic carbocycles. The van der Waals surface area contributed by atoms with Crippen molar-refractivity contribution in [1.82, 2.24) is 15.1 Å². The molecule has 9 nitrogen and oxygen atoms in total. The first-order chi connectivity index (χ1) is 16.8. The smallest absolute Gasteiger partial charge is 0.288 e. The van der Waals surface area contributed by atoms with Crippen molar-refractivity contribution in [2.24, 2.45) is 0 Å². The molecule has 1 aliphatic heterocycles. The van der Waals surface area contributed by atoms with Gasteiger partial charge in [0.05, 0.1) is 11.2 Å². The second kappa shape index (κ2) is 10.3. The third kappa shape index (κ3) is 5.39. The van der Waals surface area contributed by atoms with Crippen LogP contribution in [0.15, 0.2) is 82.3 Å². The minimum atomic E-state index is -4.27. The number of nitrogens with zero attached hydrogens (tertiary/aromatic N) is 2. The average molecular weight is 516 g/mol. The Hall–Kier alpha value is -3.63. The Kier molecular flexibility index (Phi) is 7.23. The van der Waals surface area contributed by atoms with E-state index in [1.807, 2.05) is 0 Å². The summed E-state index contributed by atoms with van der Waals surface area (Å²) in [7, 11) is -4.27. The van der Waals surface area contributed by atoms with Crippen molar-refractivity contribution in [3.63, 3.8) is 0 Å². The van der Waals surface area contributed by atoms with Crippen molar-refractivity contribution >= 4 is 39.2 Å². The molecule has 35 heavy (non-hydrogen) atoms. The Morgan fingerprint density at radius 2 is 1.49 bits per heavy atom. The maximum absolute atomic E-state index is 13.4. The molecule has 1 aromatic heterocycles. The van der Waals surface area contributed by atoms with Gasteiger partial charge in [0.15, 0.2) is 5.76 Å². The first kappa shape index (κ1) is 24.5. The molecule has 1 aliphatic rings. The Morgan fingerprint density at radius 3 is 2.09 bits per heavy atom. The van der Waals surface area contributed by atoms with Crippen LogP contribution in [-0.2, 0) is 14.6 Å². The molecule has 1 fully saturated rings. The van der Waals surface area contributed by atoms with Gasteiger partial charge in [0, 0.05) is 36.8 Å². The van der Waals surface area contributed by atoms with Crippen molar-refractivity contribution in [3.05, 3.63) is 89.3 Å². The van der Waals surface area contributed by atoms with Crippen molar-refractivity contribution in [2.45, 2.75) is 10.3 Å². The van der Waals surface area contributed by atoms with Crippen LogP contribution >= 0.6 is 11.6 Å². The molecule has 1 N–H and O–H groups in total. The Balaban J connectivity index is 1.52. The first-order valence-corrected chi connectivity index (χ1v) is 12.7. The molecule has 3 aromatic rings. The quantitative estimate of drug-likeness (QED) is 0.539. The summed E-state index contributed by atoms with van der Waals surface area (Å²) in [6.45, 7) is 0.625. The van der Waals surface area contributed by atoms with Gasteiger partial charge in [0.1, 0.15) is 0 Å². The number of piperazine rings is 1. The van der Waals surface area contributed by atoms with E-state index in [1.165, 1.54) is 47.6 Å². The summed E-state index contributed by atoms with van der Waals surface area (Å²) in [6, 6.07) is 16.8. The molecule has 1 atom stereocenters. The van der Waals surface area contributed by atoms with Crippen LogP contribution in [0.3, 0.4) is 0 Å². The number of sulfone groups is 1. The van der Waals surface area contributed by atoms with E-state index in [0.717, 1.165) is 0 Å². The number of benzene rings is 2. The molecule has 182 valence electrons. The average Bonchev–Trinajstić information content (AvgIpc) is 3.43. The highest BCUT2D eigenvalue weighted by molar-refractivity contribution is 7.92. The molecule has 0 unspecified atom stereocenters. The maximum Gasteiger partial charge on any atom is 0.288 e. The summed E-state index contributed by atoms with van der Waals surface area (Å²) in [5.74, 6) is -1.95. The first-order valence-electron chi connectivity index (χ1n) is 10.7. The van der Waals surface area contributed by atoms with E-state index >= 15 is 0 Å². The minimum Gasteiger partial charge on any atom is -0.459 e. The highest BCUT2D eigenvalue weighted by Crippen LogP contribution is 2.19. The van der Waals surface area contributed by atoms with E-state index in [9.17, 15) is 22.8 Å². The van der Waals surface area contributed by atoms with Crippen molar-refractivity contribution < 1.29 is 27.2 Å². The molecular weight excluding hydrogens is 494 g/mol. The van der Waals surface area contributed by atoms with Gasteiger partial charge in [0.2, 0.25) is 15.2 Å². The van der Waals surface area contributed by atoms with Crippen LogP contribution < -0.4 is 5.32 Å². The van der Waals surface area contributed by atoms with E-state index in [0.29, 0.717) is 10.6 Å². The molecule has 0 radical (unpaired) electrons. The van der Waals surface area contributed by atoms with Gasteiger partial charge >= 0.3 is 0 Å². The summed E-state index contributed by atoms with van der Waals surface area (Å²) in [6.07, 6.45) is 1.27. The number of furan rings is 1. The van der Waals surface area contributed by atoms with Crippen molar-refractivity contribution in [1.29, 1.82) is 0 Å². The number of carbonyl (C=O) groups is 3. The zero-order valence-electron chi connectivity index (χ0n) is 18.5. The fourth-order valence-corrected chi connectivity index (χ4v) is 5.30. The third-order valence-corrected chi connectivity index (χ3v) is 7.70. The van der Waals surface area contributed by atoms with E-state index in [-0.39, 0.29) is 42.7 Å². The zero-order chi connectivity index (χ0) is 25.0. The fraction of sp³-hybridized carbons (Fsp3) is 0.208. The van der Waals surface area contributed by atoms with Crippen molar-refractivity contribution in [2.75, 3.05) is 26.2 Å². The largest absolute Gasteiger partial charge is 0.459 e. The summed E-state index contributed by atoms with van der Waals surface area (Å²) < 4.78 is 31.7. The SMILES string of the molecule is O=C(N[C@@H](C(=O)N1CCN(C(=O)c2ccc(Cl)cc2)CC1)S(=O)(=O)c1ccccc1)c1ccco1. The number of carbonyl (C=O) groups excluding carboxylic acids is 3. The van der Waals surface area contributed by atoms with Gasteiger partial charge in [-0.2, -0.15) is 0 Å². The van der Waals surface area contributed by atoms with Crippen LogP contribution in [0.2, 0.25) is 5.02 Å². The summed E-state index contributed by atoms with van der Waals surface area (Å²) in [4.78, 5) is 41.6. The van der Waals surface area contributed by atoms with Crippen LogP contribution in [0.25, 0.3) is 0 Å². The molecule has 11 heteroatoms. The monoisotopic (exact) mass is 515 g/mol. The van der Waals surface area contributed by atoms with Crippen LogP contribution in [0, 0.1) is 0 Å². The topological polar surface area (TPSA) is 117 Å². The summed E-state index contributed by atoms with van der Waals surface area (Å²) >= 11 is 5.88. The lowest BCUT2D eigenvalue weighted by molar-refractivity contribution is -0.132. The van der Waals surface area contributed by atoms with Gasteiger partial charge < -0.3 is 19.5 Å². The predicted octanol–water partition coefficient (Wildman–Crippen LogP) is 2.45. The van der Waals surface area contributed by atoms with E-state index in [1.54, 1.807) is 35.2 Å². The van der Waals surface area contributed by atoms with Gasteiger partial charge in [-0.3, -0.25) is 14.4 Å². The fourth-order valence-electron chi connectivity index (χ4n) is 3.69. The molecular formula is C24H22ClN3O6S. The van der Waals surface area contributed by atoms with Gasteiger partial charge in [-0.15, -0.1) is 0 Å². The Labute approximate surface area is 207 Å². The molecule has 0 bridgehead atoms. The normalized spacial score (nSPS) is 14.9. The minimum absolute atomic E-state index is 0.102. The molecule has 2 heterocycles. The molecule has 3 amide bonds. The van der Waals surface area contributed by atoms with Gasteiger partial charge in [0.25, 0.3) is 17.7 Å². The van der Waals surface area contributed by atoms with Crippen LogP contribution in [0.1, 0.15) is 20.9 Å². The lowest BCUT2D eigenvalue weighted by atomic mass is 10.2. The van der Waals surface area contributed by atoms with Crippen LogP contribution in [-0.4, -0.2) is 67.5 Å². The van der Waals surface area contributed by atoms with Gasteiger partial charge in [-0.05, 0) is 48.5 Å². The molecule has 4 rings (SSSR count). The highest BCUT2D eigenvalue weighted by atomic mass is 35.5. The van der Waals surface area contributed by atoms with E-state index in [4.69, 9.17) is 16.0 Å². The van der Waals surface area contributed by atoms with Gasteiger partial charge in [-0.1, -0.05) is 29.8 Å². The molecule has 0 saturated carbocycles. The standard InChI is InChI=1S/C24H22ClN3O6S/c25-18-10-8-17(9-11-18)23(30)27-12-14-28(15-13-27)24(31)22(26-21(29)20-7-4-16-34-20)35(32,33)19-5-2-1-3-6-19/h1-11,16,22H,12-15H2,(H,26,29)/t22-/m1/s1. The van der Waals surface area contributed by atoms with Gasteiger partial charge in [-0.25, -0.2) is 8.42 Å². The van der Waals surface area contributed by atoms with Crippen LogP contribution in [0.4, 0.5) is 0 Å².